The Labute approximate surface area is 104 Å². The summed E-state index contributed by atoms with van der Waals surface area (Å²) < 4.78 is 7.08. The molecule has 2 aromatic rings. The molecule has 0 bridgehead atoms. The van der Waals surface area contributed by atoms with Gasteiger partial charge in [0.25, 0.3) is 0 Å². The monoisotopic (exact) mass is 249 g/mol. The Morgan fingerprint density at radius 3 is 2.50 bits per heavy atom. The molecule has 2 heterocycles. The number of hydrogen-bond donors (Lipinski definition) is 1. The van der Waals surface area contributed by atoms with E-state index in [1.807, 2.05) is 20.8 Å². The second kappa shape index (κ2) is 3.97. The first kappa shape index (κ1) is 12.3. The van der Waals surface area contributed by atoms with Crippen molar-refractivity contribution in [2.45, 2.75) is 26.2 Å². The molecule has 0 aliphatic heterocycles. The number of aryl methyl sites for hydroxylation is 1. The molecule has 0 aliphatic rings. The van der Waals surface area contributed by atoms with E-state index in [0.29, 0.717) is 11.4 Å². The van der Waals surface area contributed by atoms with Crippen LogP contribution in [0.25, 0.3) is 11.6 Å². The lowest BCUT2D eigenvalue weighted by Crippen LogP contribution is -2.16. The Morgan fingerprint density at radius 2 is 2.11 bits per heavy atom. The molecule has 0 aromatic carbocycles. The van der Waals surface area contributed by atoms with Gasteiger partial charge in [-0.2, -0.15) is 0 Å². The number of imidazole rings is 1. The fourth-order valence-corrected chi connectivity index (χ4v) is 1.65. The van der Waals surface area contributed by atoms with E-state index < -0.39 is 11.4 Å². The molecule has 0 radical (unpaired) electrons. The van der Waals surface area contributed by atoms with Crippen molar-refractivity contribution in [2.75, 3.05) is 0 Å². The number of carboxylic acid groups (broad SMARTS) is 1. The largest absolute Gasteiger partial charge is 0.475 e. The SMILES string of the molecule is Cn1cncc1-c1nc(C(C)(C)C)c(C(=O)O)o1. The number of carbonyl (C=O) groups is 1. The molecule has 0 spiro atoms. The maximum Gasteiger partial charge on any atom is 0.373 e. The Hall–Kier alpha value is -2.11. The number of nitrogens with zero attached hydrogens (tertiary/aromatic N) is 3. The standard InChI is InChI=1S/C12H15N3O3/c1-12(2,3)9-8(11(16)17)18-10(14-9)7-5-13-6-15(7)4/h5-6H,1-4H3,(H,16,17). The lowest BCUT2D eigenvalue weighted by Gasteiger charge is -2.14. The first-order valence-electron chi connectivity index (χ1n) is 5.52. The maximum absolute atomic E-state index is 11.2. The van der Waals surface area contributed by atoms with Gasteiger partial charge in [0.1, 0.15) is 11.4 Å². The lowest BCUT2D eigenvalue weighted by atomic mass is 9.91. The molecule has 0 fully saturated rings. The van der Waals surface area contributed by atoms with Gasteiger partial charge in [-0.1, -0.05) is 20.8 Å². The molecule has 0 unspecified atom stereocenters. The van der Waals surface area contributed by atoms with Gasteiger partial charge in [-0.05, 0) is 0 Å². The molecule has 6 heteroatoms. The van der Waals surface area contributed by atoms with E-state index >= 15 is 0 Å². The third-order valence-electron chi connectivity index (χ3n) is 2.57. The molecule has 0 aliphatic carbocycles. The lowest BCUT2D eigenvalue weighted by molar-refractivity contribution is 0.0659. The number of carboxylic acids is 1. The quantitative estimate of drug-likeness (QED) is 0.881. The third kappa shape index (κ3) is 2.01. The minimum Gasteiger partial charge on any atom is -0.475 e. The summed E-state index contributed by atoms with van der Waals surface area (Å²) in [5.41, 5.74) is 0.688. The summed E-state index contributed by atoms with van der Waals surface area (Å²) in [5, 5.41) is 9.15. The van der Waals surface area contributed by atoms with Gasteiger partial charge >= 0.3 is 5.97 Å². The zero-order valence-corrected chi connectivity index (χ0v) is 10.8. The van der Waals surface area contributed by atoms with Crippen LogP contribution in [0.5, 0.6) is 0 Å². The van der Waals surface area contributed by atoms with Gasteiger partial charge in [-0.25, -0.2) is 14.8 Å². The van der Waals surface area contributed by atoms with Crippen molar-refractivity contribution < 1.29 is 14.3 Å². The van der Waals surface area contributed by atoms with Gasteiger partial charge in [0.2, 0.25) is 11.7 Å². The molecule has 96 valence electrons. The fourth-order valence-electron chi connectivity index (χ4n) is 1.65. The molecular formula is C12H15N3O3. The van der Waals surface area contributed by atoms with E-state index in [-0.39, 0.29) is 11.7 Å². The van der Waals surface area contributed by atoms with Gasteiger partial charge in [0.05, 0.1) is 12.5 Å². The van der Waals surface area contributed by atoms with Crippen LogP contribution in [0.4, 0.5) is 0 Å². The van der Waals surface area contributed by atoms with Crippen molar-refractivity contribution in [3.63, 3.8) is 0 Å². The third-order valence-corrected chi connectivity index (χ3v) is 2.57. The Bertz CT molecular complexity index is 590. The van der Waals surface area contributed by atoms with Gasteiger partial charge in [0, 0.05) is 12.5 Å². The van der Waals surface area contributed by atoms with Crippen molar-refractivity contribution in [3.05, 3.63) is 24.0 Å². The fraction of sp³-hybridized carbons (Fsp3) is 0.417. The van der Waals surface area contributed by atoms with Crippen molar-refractivity contribution >= 4 is 5.97 Å². The number of aromatic nitrogens is 3. The van der Waals surface area contributed by atoms with Crippen LogP contribution in [0.2, 0.25) is 0 Å². The summed E-state index contributed by atoms with van der Waals surface area (Å²) in [4.78, 5) is 19.4. The van der Waals surface area contributed by atoms with Crippen LogP contribution >= 0.6 is 0 Å². The zero-order chi connectivity index (χ0) is 13.5. The van der Waals surface area contributed by atoms with Gasteiger partial charge in [-0.3, -0.25) is 0 Å². The van der Waals surface area contributed by atoms with E-state index in [4.69, 9.17) is 9.52 Å². The minimum atomic E-state index is -1.11. The zero-order valence-electron chi connectivity index (χ0n) is 10.8. The van der Waals surface area contributed by atoms with Crippen LogP contribution < -0.4 is 0 Å². The number of oxazole rings is 1. The Balaban J connectivity index is 2.60. The highest BCUT2D eigenvalue weighted by Crippen LogP contribution is 2.29. The van der Waals surface area contributed by atoms with Gasteiger partial charge < -0.3 is 14.1 Å². The molecule has 1 N–H and O–H groups in total. The van der Waals surface area contributed by atoms with Crippen molar-refractivity contribution in [1.29, 1.82) is 0 Å². The molecule has 6 nitrogen and oxygen atoms in total. The summed E-state index contributed by atoms with van der Waals surface area (Å²) in [6.45, 7) is 5.68. The summed E-state index contributed by atoms with van der Waals surface area (Å²) >= 11 is 0. The van der Waals surface area contributed by atoms with Crippen LogP contribution in [0.3, 0.4) is 0 Å². The molecular weight excluding hydrogens is 234 g/mol. The minimum absolute atomic E-state index is 0.112. The summed E-state index contributed by atoms with van der Waals surface area (Å²) in [6, 6.07) is 0. The number of hydrogen-bond acceptors (Lipinski definition) is 4. The van der Waals surface area contributed by atoms with E-state index in [1.54, 1.807) is 24.1 Å². The molecule has 0 saturated heterocycles. The smallest absolute Gasteiger partial charge is 0.373 e. The highest BCUT2D eigenvalue weighted by molar-refractivity contribution is 5.86. The van der Waals surface area contributed by atoms with Crippen molar-refractivity contribution in [1.82, 2.24) is 14.5 Å². The van der Waals surface area contributed by atoms with E-state index in [9.17, 15) is 4.79 Å². The van der Waals surface area contributed by atoms with Gasteiger partial charge in [0.15, 0.2) is 0 Å². The average molecular weight is 249 g/mol. The molecule has 18 heavy (non-hydrogen) atoms. The number of aromatic carboxylic acids is 1. The van der Waals surface area contributed by atoms with Crippen LogP contribution in [-0.4, -0.2) is 25.6 Å². The van der Waals surface area contributed by atoms with Gasteiger partial charge in [-0.15, -0.1) is 0 Å². The summed E-state index contributed by atoms with van der Waals surface area (Å²) in [7, 11) is 1.80. The normalized spacial score (nSPS) is 11.8. The first-order valence-corrected chi connectivity index (χ1v) is 5.52. The highest BCUT2D eigenvalue weighted by atomic mass is 16.4. The Morgan fingerprint density at radius 1 is 1.44 bits per heavy atom. The maximum atomic E-state index is 11.2. The highest BCUT2D eigenvalue weighted by Gasteiger charge is 2.29. The second-order valence-corrected chi connectivity index (χ2v) is 5.14. The average Bonchev–Trinajstić information content (AvgIpc) is 2.81. The van der Waals surface area contributed by atoms with E-state index in [2.05, 4.69) is 9.97 Å². The molecule has 0 atom stereocenters. The van der Waals surface area contributed by atoms with Crippen molar-refractivity contribution in [2.24, 2.45) is 7.05 Å². The van der Waals surface area contributed by atoms with Crippen LogP contribution in [-0.2, 0) is 12.5 Å². The van der Waals surface area contributed by atoms with Crippen molar-refractivity contribution in [3.8, 4) is 11.6 Å². The van der Waals surface area contributed by atoms with E-state index in [1.165, 1.54) is 0 Å². The predicted molar refractivity (Wildman–Crippen MR) is 64.4 cm³/mol. The first-order chi connectivity index (χ1) is 8.30. The number of rotatable bonds is 2. The topological polar surface area (TPSA) is 81.2 Å². The van der Waals surface area contributed by atoms with Crippen LogP contribution in [0.1, 0.15) is 37.0 Å². The predicted octanol–water partition coefficient (Wildman–Crippen LogP) is 2.07. The van der Waals surface area contributed by atoms with Crippen LogP contribution in [0.15, 0.2) is 16.9 Å². The molecule has 2 rings (SSSR count). The molecule has 0 saturated carbocycles. The second-order valence-electron chi connectivity index (χ2n) is 5.14. The Kier molecular flexibility index (Phi) is 2.73. The molecule has 2 aromatic heterocycles. The van der Waals surface area contributed by atoms with Crippen LogP contribution in [0, 0.1) is 0 Å². The molecule has 0 amide bonds. The summed E-state index contributed by atoms with van der Waals surface area (Å²) in [6.07, 6.45) is 3.20. The summed E-state index contributed by atoms with van der Waals surface area (Å²) in [5.74, 6) is -0.947. The van der Waals surface area contributed by atoms with E-state index in [0.717, 1.165) is 0 Å².